The molecule has 3 aromatic rings. The fraction of sp³-hybridized carbons (Fsp3) is 0.280. The van der Waals surface area contributed by atoms with Crippen molar-refractivity contribution in [2.45, 2.75) is 32.5 Å². The largest absolute Gasteiger partial charge is 0.573 e. The van der Waals surface area contributed by atoms with Crippen LogP contribution in [0.25, 0.3) is 0 Å². The first-order chi connectivity index (χ1) is 17.3. The molecule has 0 spiro atoms. The Morgan fingerprint density at radius 3 is 2.27 bits per heavy atom. The van der Waals surface area contributed by atoms with E-state index in [0.29, 0.717) is 0 Å². The number of carbonyl (C=O) groups excluding carboxylic acids is 2. The lowest BCUT2D eigenvalue weighted by Gasteiger charge is -2.21. The molecule has 0 atom stereocenters. The zero-order chi connectivity index (χ0) is 27.4. The molecule has 0 aliphatic heterocycles. The van der Waals surface area contributed by atoms with Gasteiger partial charge in [0.25, 0.3) is 5.91 Å². The SMILES string of the molecule is COC(=O)c1cc(NC(=O)c2ncc(C(C)(C)C)cc2Oc2ccc(OC(F)(F)F)cc2OC)ccn1. The van der Waals surface area contributed by atoms with E-state index in [2.05, 4.69) is 24.8 Å². The number of nitrogens with one attached hydrogen (secondary N) is 1. The van der Waals surface area contributed by atoms with Crippen molar-refractivity contribution in [3.63, 3.8) is 0 Å². The fourth-order valence-corrected chi connectivity index (χ4v) is 3.07. The highest BCUT2D eigenvalue weighted by molar-refractivity contribution is 6.05. The standard InChI is InChI=1S/C25H24F3N3O6/c1-24(2,3)14-10-20(36-18-7-6-16(12-19(18)34-4)37-25(26,27)28)21(30-13-14)22(32)31-15-8-9-29-17(11-15)23(33)35-5/h6-13H,1-5H3,(H,29,31,32). The zero-order valence-electron chi connectivity index (χ0n) is 20.6. The third-order valence-electron chi connectivity index (χ3n) is 4.93. The molecule has 0 saturated heterocycles. The average Bonchev–Trinajstić information content (AvgIpc) is 2.83. The molecule has 0 radical (unpaired) electrons. The first kappa shape index (κ1) is 27.2. The summed E-state index contributed by atoms with van der Waals surface area (Å²) < 4.78 is 57.5. The highest BCUT2D eigenvalue weighted by Crippen LogP contribution is 2.38. The predicted molar refractivity (Wildman–Crippen MR) is 126 cm³/mol. The summed E-state index contributed by atoms with van der Waals surface area (Å²) in [7, 11) is 2.45. The van der Waals surface area contributed by atoms with Gasteiger partial charge in [0, 0.05) is 24.1 Å². The predicted octanol–water partition coefficient (Wildman–Crippen LogP) is 5.51. The fourth-order valence-electron chi connectivity index (χ4n) is 3.07. The number of carbonyl (C=O) groups is 2. The molecule has 12 heteroatoms. The molecule has 0 fully saturated rings. The Hall–Kier alpha value is -4.35. The van der Waals surface area contributed by atoms with Gasteiger partial charge in [0.2, 0.25) is 0 Å². The van der Waals surface area contributed by atoms with Crippen LogP contribution in [0.2, 0.25) is 0 Å². The number of pyridine rings is 2. The van der Waals surface area contributed by atoms with Crippen molar-refractivity contribution in [1.82, 2.24) is 9.97 Å². The number of benzene rings is 1. The Kier molecular flexibility index (Phi) is 7.90. The molecule has 0 aliphatic rings. The van der Waals surface area contributed by atoms with Gasteiger partial charge in [-0.15, -0.1) is 13.2 Å². The summed E-state index contributed by atoms with van der Waals surface area (Å²) in [6.07, 6.45) is -2.04. The third kappa shape index (κ3) is 7.09. The number of nitrogens with zero attached hydrogens (tertiary/aromatic N) is 2. The van der Waals surface area contributed by atoms with Crippen molar-refractivity contribution in [2.75, 3.05) is 19.5 Å². The lowest BCUT2D eigenvalue weighted by molar-refractivity contribution is -0.274. The van der Waals surface area contributed by atoms with Gasteiger partial charge in [-0.25, -0.2) is 14.8 Å². The Balaban J connectivity index is 1.98. The maximum absolute atomic E-state index is 13.1. The first-order valence-electron chi connectivity index (χ1n) is 10.8. The van der Waals surface area contributed by atoms with Crippen LogP contribution in [0.5, 0.6) is 23.0 Å². The van der Waals surface area contributed by atoms with Gasteiger partial charge >= 0.3 is 12.3 Å². The molecule has 37 heavy (non-hydrogen) atoms. The summed E-state index contributed by atoms with van der Waals surface area (Å²) in [5, 5.41) is 2.62. The highest BCUT2D eigenvalue weighted by atomic mass is 19.4. The molecule has 9 nitrogen and oxygen atoms in total. The van der Waals surface area contributed by atoms with Gasteiger partial charge in [0.05, 0.1) is 14.2 Å². The topological polar surface area (TPSA) is 109 Å². The van der Waals surface area contributed by atoms with Gasteiger partial charge in [0.1, 0.15) is 11.4 Å². The van der Waals surface area contributed by atoms with Crippen LogP contribution in [0.4, 0.5) is 18.9 Å². The van der Waals surface area contributed by atoms with Gasteiger partial charge in [-0.05, 0) is 41.3 Å². The van der Waals surface area contributed by atoms with Gasteiger partial charge in [-0.2, -0.15) is 0 Å². The van der Waals surface area contributed by atoms with E-state index in [1.807, 2.05) is 20.8 Å². The maximum Gasteiger partial charge on any atom is 0.573 e. The summed E-state index contributed by atoms with van der Waals surface area (Å²) >= 11 is 0. The van der Waals surface area contributed by atoms with Crippen LogP contribution in [0.15, 0.2) is 48.8 Å². The Labute approximate surface area is 210 Å². The molecule has 3 rings (SSSR count). The minimum atomic E-state index is -4.88. The van der Waals surface area contributed by atoms with Crippen molar-refractivity contribution >= 4 is 17.6 Å². The number of ether oxygens (including phenoxy) is 4. The van der Waals surface area contributed by atoms with Crippen molar-refractivity contribution in [1.29, 1.82) is 0 Å². The third-order valence-corrected chi connectivity index (χ3v) is 4.93. The lowest BCUT2D eigenvalue weighted by atomic mass is 9.88. The average molecular weight is 519 g/mol. The van der Waals surface area contributed by atoms with Crippen molar-refractivity contribution < 1.29 is 41.7 Å². The minimum absolute atomic E-state index is 0.0151. The number of rotatable bonds is 7. The van der Waals surface area contributed by atoms with Crippen molar-refractivity contribution in [3.05, 3.63) is 65.7 Å². The first-order valence-corrected chi connectivity index (χ1v) is 10.8. The molecule has 2 aromatic heterocycles. The smallest absolute Gasteiger partial charge is 0.493 e. The molecule has 1 aromatic carbocycles. The number of methoxy groups -OCH3 is 2. The second-order valence-electron chi connectivity index (χ2n) is 8.66. The molecule has 0 bridgehead atoms. The minimum Gasteiger partial charge on any atom is -0.493 e. The van der Waals surface area contributed by atoms with Crippen LogP contribution >= 0.6 is 0 Å². The Morgan fingerprint density at radius 2 is 1.65 bits per heavy atom. The summed E-state index contributed by atoms with van der Waals surface area (Å²) in [6.45, 7) is 5.80. The van der Waals surface area contributed by atoms with Crippen LogP contribution in [0, 0.1) is 0 Å². The Bertz CT molecular complexity index is 1310. The molecule has 0 saturated carbocycles. The van der Waals surface area contributed by atoms with E-state index in [-0.39, 0.29) is 39.7 Å². The number of esters is 1. The van der Waals surface area contributed by atoms with Crippen molar-refractivity contribution in [3.8, 4) is 23.0 Å². The normalized spacial score (nSPS) is 11.5. The summed E-state index contributed by atoms with van der Waals surface area (Å²) in [6, 6.07) is 7.68. The van der Waals surface area contributed by atoms with Crippen LogP contribution in [0.3, 0.4) is 0 Å². The van der Waals surface area contributed by atoms with Crippen LogP contribution in [0.1, 0.15) is 47.3 Å². The van der Waals surface area contributed by atoms with Gasteiger partial charge in [0.15, 0.2) is 22.9 Å². The number of alkyl halides is 3. The van der Waals surface area contributed by atoms with E-state index in [9.17, 15) is 22.8 Å². The number of hydrogen-bond acceptors (Lipinski definition) is 8. The quantitative estimate of drug-likeness (QED) is 0.407. The molecule has 196 valence electrons. The second-order valence-corrected chi connectivity index (χ2v) is 8.66. The molecule has 0 aliphatic carbocycles. The molecule has 2 heterocycles. The van der Waals surface area contributed by atoms with Crippen LogP contribution < -0.4 is 19.5 Å². The highest BCUT2D eigenvalue weighted by Gasteiger charge is 2.31. The lowest BCUT2D eigenvalue weighted by Crippen LogP contribution is -2.18. The van der Waals surface area contributed by atoms with Crippen molar-refractivity contribution in [2.24, 2.45) is 0 Å². The van der Waals surface area contributed by atoms with E-state index in [1.54, 1.807) is 6.07 Å². The number of anilines is 1. The van der Waals surface area contributed by atoms with E-state index in [4.69, 9.17) is 9.47 Å². The van der Waals surface area contributed by atoms with E-state index in [0.717, 1.165) is 17.7 Å². The van der Waals surface area contributed by atoms with Gasteiger partial charge < -0.3 is 24.3 Å². The summed E-state index contributed by atoms with van der Waals surface area (Å²) in [4.78, 5) is 33.1. The van der Waals surface area contributed by atoms with Gasteiger partial charge in [-0.3, -0.25) is 4.79 Å². The Morgan fingerprint density at radius 1 is 0.919 bits per heavy atom. The van der Waals surface area contributed by atoms with Crippen LogP contribution in [-0.2, 0) is 10.2 Å². The van der Waals surface area contributed by atoms with Crippen LogP contribution in [-0.4, -0.2) is 42.4 Å². The molecule has 0 unspecified atom stereocenters. The molecule has 1 N–H and O–H groups in total. The zero-order valence-corrected chi connectivity index (χ0v) is 20.6. The van der Waals surface area contributed by atoms with Gasteiger partial charge in [-0.1, -0.05) is 20.8 Å². The van der Waals surface area contributed by atoms with E-state index < -0.39 is 24.0 Å². The molecular formula is C25H24F3N3O6. The monoisotopic (exact) mass is 519 g/mol. The number of aromatic nitrogens is 2. The molecular weight excluding hydrogens is 495 g/mol. The number of halogens is 3. The van der Waals surface area contributed by atoms with E-state index in [1.165, 1.54) is 44.8 Å². The summed E-state index contributed by atoms with van der Waals surface area (Å²) in [5.74, 6) is -1.88. The maximum atomic E-state index is 13.1. The number of amides is 1. The molecule has 1 amide bonds. The second kappa shape index (κ2) is 10.7. The van der Waals surface area contributed by atoms with E-state index >= 15 is 0 Å². The number of hydrogen-bond donors (Lipinski definition) is 1. The summed E-state index contributed by atoms with van der Waals surface area (Å²) in [5.41, 5.74) is 0.474.